The molecule has 0 bridgehead atoms. The summed E-state index contributed by atoms with van der Waals surface area (Å²) in [4.78, 5) is 23.3. The molecule has 0 fully saturated rings. The van der Waals surface area contributed by atoms with Gasteiger partial charge >= 0.3 is 0 Å². The maximum absolute atomic E-state index is 12.7. The molecule has 2 aromatic heterocycles. The van der Waals surface area contributed by atoms with E-state index in [1.807, 2.05) is 42.5 Å². The molecule has 8 heteroatoms. The zero-order valence-corrected chi connectivity index (χ0v) is 17.8. The number of thioether (sulfide) groups is 1. The van der Waals surface area contributed by atoms with E-state index < -0.39 is 6.23 Å². The van der Waals surface area contributed by atoms with Crippen molar-refractivity contribution >= 4 is 23.4 Å². The molecule has 0 N–H and O–H groups in total. The predicted molar refractivity (Wildman–Crippen MR) is 116 cm³/mol. The molecule has 7 nitrogen and oxygen atoms in total. The highest BCUT2D eigenvalue weighted by atomic mass is 32.2. The normalized spacial score (nSPS) is 15.0. The van der Waals surface area contributed by atoms with Gasteiger partial charge in [-0.05, 0) is 24.6 Å². The van der Waals surface area contributed by atoms with Gasteiger partial charge in [-0.2, -0.15) is 4.98 Å². The van der Waals surface area contributed by atoms with Gasteiger partial charge in [0.15, 0.2) is 5.69 Å². The van der Waals surface area contributed by atoms with Crippen molar-refractivity contribution in [3.63, 3.8) is 0 Å². The van der Waals surface area contributed by atoms with Crippen molar-refractivity contribution in [2.24, 2.45) is 0 Å². The minimum Gasteiger partial charge on any atom is -0.445 e. The predicted octanol–water partition coefficient (Wildman–Crippen LogP) is 4.66. The zero-order valence-electron chi connectivity index (χ0n) is 17.0. The lowest BCUT2D eigenvalue weighted by atomic mass is 10.1. The first kappa shape index (κ1) is 20.3. The Kier molecular flexibility index (Phi) is 6.23. The smallest absolute Gasteiger partial charge is 0.247 e. The Bertz CT molecular complexity index is 1030. The van der Waals surface area contributed by atoms with Gasteiger partial charge in [0, 0.05) is 24.4 Å². The molecule has 0 saturated carbocycles. The van der Waals surface area contributed by atoms with Gasteiger partial charge in [0.05, 0.1) is 5.69 Å². The van der Waals surface area contributed by atoms with Gasteiger partial charge in [0.25, 0.3) is 0 Å². The van der Waals surface area contributed by atoms with E-state index in [2.05, 4.69) is 27.1 Å². The van der Waals surface area contributed by atoms with Crippen molar-refractivity contribution in [3.8, 4) is 17.1 Å². The minimum atomic E-state index is -0.749. The average molecular weight is 422 g/mol. The highest BCUT2D eigenvalue weighted by molar-refractivity contribution is 7.99. The van der Waals surface area contributed by atoms with Crippen LogP contribution >= 0.6 is 11.8 Å². The average Bonchev–Trinajstić information content (AvgIpc) is 2.91. The zero-order chi connectivity index (χ0) is 20.9. The Morgan fingerprint density at radius 2 is 1.97 bits per heavy atom. The molecule has 30 heavy (non-hydrogen) atoms. The summed E-state index contributed by atoms with van der Waals surface area (Å²) in [6.07, 6.45) is 4.36. The molecule has 0 unspecified atom stereocenters. The molecular weight excluding hydrogens is 398 g/mol. The first-order valence-electron chi connectivity index (χ1n) is 10.0. The Labute approximate surface area is 179 Å². The molecule has 0 saturated heterocycles. The van der Waals surface area contributed by atoms with Crippen LogP contribution in [0.4, 0.5) is 5.69 Å². The topological polar surface area (TPSA) is 81.1 Å². The van der Waals surface area contributed by atoms with Crippen LogP contribution in [0.25, 0.3) is 11.3 Å². The molecule has 1 atom stereocenters. The highest BCUT2D eigenvalue weighted by Gasteiger charge is 2.35. The molecule has 154 valence electrons. The van der Waals surface area contributed by atoms with Crippen LogP contribution in [0, 0.1) is 0 Å². The second kappa shape index (κ2) is 9.21. The van der Waals surface area contributed by atoms with E-state index in [1.165, 1.54) is 13.3 Å². The largest absolute Gasteiger partial charge is 0.445 e. The number of anilines is 1. The SMILES string of the molecule is CCCCCSc1nnc2c(n1)O[C@@H](c1ccccn1)N(C(C)=O)c1ccccc1-2. The van der Waals surface area contributed by atoms with Crippen molar-refractivity contribution in [1.82, 2.24) is 20.2 Å². The van der Waals surface area contributed by atoms with Gasteiger partial charge in [0.1, 0.15) is 5.69 Å². The number of fused-ring (bicyclic) bond motifs is 3. The number of carbonyl (C=O) groups excluding carboxylic acids is 1. The third-order valence-corrected chi connectivity index (χ3v) is 5.69. The Morgan fingerprint density at radius 1 is 1.13 bits per heavy atom. The first-order valence-corrected chi connectivity index (χ1v) is 11.0. The quantitative estimate of drug-likeness (QED) is 0.423. The standard InChI is InChI=1S/C22H23N5O2S/c1-3-4-9-14-30-22-24-20-19(25-26-22)16-10-5-6-12-18(16)27(15(2)28)21(29-20)17-11-7-8-13-23-17/h5-8,10-13,21H,3-4,9,14H2,1-2H3/t21-/m0/s1. The number of aromatic nitrogens is 4. The Morgan fingerprint density at radius 3 is 2.73 bits per heavy atom. The summed E-state index contributed by atoms with van der Waals surface area (Å²) in [5.41, 5.74) is 2.59. The van der Waals surface area contributed by atoms with Crippen LogP contribution in [0.15, 0.2) is 53.8 Å². The third-order valence-electron chi connectivity index (χ3n) is 4.77. The number of rotatable bonds is 6. The van der Waals surface area contributed by atoms with Crippen LogP contribution in [-0.2, 0) is 4.79 Å². The first-order chi connectivity index (χ1) is 14.7. The number of hydrogen-bond donors (Lipinski definition) is 0. The minimum absolute atomic E-state index is 0.159. The van der Waals surface area contributed by atoms with Gasteiger partial charge in [-0.3, -0.25) is 14.7 Å². The summed E-state index contributed by atoms with van der Waals surface area (Å²) < 4.78 is 6.28. The highest BCUT2D eigenvalue weighted by Crippen LogP contribution is 2.42. The summed E-state index contributed by atoms with van der Waals surface area (Å²) in [7, 11) is 0. The lowest BCUT2D eigenvalue weighted by Crippen LogP contribution is -2.36. The van der Waals surface area contributed by atoms with Gasteiger partial charge in [0.2, 0.25) is 23.2 Å². The van der Waals surface area contributed by atoms with Crippen LogP contribution in [0.5, 0.6) is 5.88 Å². The number of unbranched alkanes of at least 4 members (excludes halogenated alkanes) is 2. The summed E-state index contributed by atoms with van der Waals surface area (Å²) in [6.45, 7) is 3.69. The van der Waals surface area contributed by atoms with Crippen LogP contribution in [0.1, 0.15) is 45.0 Å². The molecule has 3 heterocycles. The molecule has 1 aliphatic rings. The molecule has 0 spiro atoms. The van der Waals surface area contributed by atoms with E-state index >= 15 is 0 Å². The van der Waals surface area contributed by atoms with Crippen molar-refractivity contribution in [2.75, 3.05) is 10.7 Å². The number of carbonyl (C=O) groups is 1. The van der Waals surface area contributed by atoms with Crippen LogP contribution in [0.3, 0.4) is 0 Å². The summed E-state index contributed by atoms with van der Waals surface area (Å²) in [6, 6.07) is 13.1. The van der Waals surface area contributed by atoms with E-state index in [0.717, 1.165) is 24.2 Å². The number of hydrogen-bond acceptors (Lipinski definition) is 7. The molecule has 0 aliphatic carbocycles. The van der Waals surface area contributed by atoms with Crippen LogP contribution < -0.4 is 9.64 Å². The molecule has 1 aliphatic heterocycles. The van der Waals surface area contributed by atoms with E-state index in [4.69, 9.17) is 4.74 Å². The summed E-state index contributed by atoms with van der Waals surface area (Å²) in [5, 5.41) is 9.29. The van der Waals surface area contributed by atoms with Gasteiger partial charge in [-0.1, -0.05) is 55.8 Å². The van der Waals surface area contributed by atoms with E-state index in [0.29, 0.717) is 28.1 Å². The van der Waals surface area contributed by atoms with Crippen molar-refractivity contribution in [2.45, 2.75) is 44.5 Å². The molecule has 0 radical (unpaired) electrons. The van der Waals surface area contributed by atoms with Crippen molar-refractivity contribution in [1.29, 1.82) is 0 Å². The fourth-order valence-electron chi connectivity index (χ4n) is 3.34. The van der Waals surface area contributed by atoms with E-state index in [-0.39, 0.29) is 5.91 Å². The Hall–Kier alpha value is -3.00. The van der Waals surface area contributed by atoms with Gasteiger partial charge < -0.3 is 4.74 Å². The van der Waals surface area contributed by atoms with Crippen LogP contribution in [0.2, 0.25) is 0 Å². The van der Waals surface area contributed by atoms with E-state index in [1.54, 1.807) is 22.9 Å². The lowest BCUT2D eigenvalue weighted by Gasteiger charge is -2.29. The second-order valence-corrected chi connectivity index (χ2v) is 8.00. The second-order valence-electron chi connectivity index (χ2n) is 6.93. The molecule has 1 aromatic carbocycles. The number of amides is 1. The monoisotopic (exact) mass is 421 g/mol. The van der Waals surface area contributed by atoms with Gasteiger partial charge in [-0.15, -0.1) is 10.2 Å². The van der Waals surface area contributed by atoms with Crippen LogP contribution in [-0.4, -0.2) is 31.8 Å². The molecule has 3 aromatic rings. The number of benzene rings is 1. The number of nitrogens with zero attached hydrogens (tertiary/aromatic N) is 5. The summed E-state index contributed by atoms with van der Waals surface area (Å²) >= 11 is 1.56. The maximum Gasteiger partial charge on any atom is 0.247 e. The van der Waals surface area contributed by atoms with Gasteiger partial charge in [-0.25, -0.2) is 0 Å². The fraction of sp³-hybridized carbons (Fsp3) is 0.318. The van der Waals surface area contributed by atoms with E-state index in [9.17, 15) is 4.79 Å². The third kappa shape index (κ3) is 4.14. The van der Waals surface area contributed by atoms with Crippen molar-refractivity contribution in [3.05, 3.63) is 54.4 Å². The molecular formula is C22H23N5O2S. The molecule has 4 rings (SSSR count). The fourth-order valence-corrected chi connectivity index (χ4v) is 4.12. The van der Waals surface area contributed by atoms with Crippen molar-refractivity contribution < 1.29 is 9.53 Å². The summed E-state index contributed by atoms with van der Waals surface area (Å²) in [5.74, 6) is 1.12. The molecule has 1 amide bonds. The number of ether oxygens (including phenoxy) is 1. The number of pyridine rings is 1. The maximum atomic E-state index is 12.7. The Balaban J connectivity index is 1.79. The lowest BCUT2D eigenvalue weighted by molar-refractivity contribution is -0.118. The number of para-hydroxylation sites is 1.